The molecule has 0 aliphatic heterocycles. The van der Waals surface area contributed by atoms with Crippen LogP contribution in [-0.2, 0) is 4.79 Å². The fraction of sp³-hybridized carbons (Fsp3) is 0.562. The molecule has 2 rings (SSSR count). The molecule has 1 aromatic rings. The third-order valence-corrected chi connectivity index (χ3v) is 4.75. The van der Waals surface area contributed by atoms with E-state index in [1.165, 1.54) is 0 Å². The lowest BCUT2D eigenvalue weighted by Gasteiger charge is -2.44. The molecule has 1 aliphatic rings. The summed E-state index contributed by atoms with van der Waals surface area (Å²) in [7, 11) is 0. The zero-order valence-electron chi connectivity index (χ0n) is 11.9. The van der Waals surface area contributed by atoms with Crippen LogP contribution in [0, 0.1) is 18.8 Å². The maximum absolute atomic E-state index is 11.9. The predicted octanol–water partition coefficient (Wildman–Crippen LogP) is 3.69. The van der Waals surface area contributed by atoms with Gasteiger partial charge in [-0.3, -0.25) is 0 Å². The number of hydrogen-bond donors (Lipinski definition) is 2. The molecule has 1 aliphatic carbocycles. The molecule has 0 radical (unpaired) electrons. The number of aryl methyl sites for hydroxylation is 1. The fourth-order valence-electron chi connectivity index (χ4n) is 3.15. The first-order valence-corrected chi connectivity index (χ1v) is 7.04. The maximum atomic E-state index is 11.9. The highest BCUT2D eigenvalue weighted by molar-refractivity contribution is 5.84. The first-order chi connectivity index (χ1) is 8.97. The summed E-state index contributed by atoms with van der Waals surface area (Å²) in [5.74, 6) is -0.172. The minimum absolute atomic E-state index is 0.123. The van der Waals surface area contributed by atoms with Gasteiger partial charge in [0.2, 0.25) is 0 Å². The van der Waals surface area contributed by atoms with Crippen LogP contribution in [0.5, 0.6) is 0 Å². The molecule has 1 saturated carbocycles. The number of carboxylic acids is 1. The summed E-state index contributed by atoms with van der Waals surface area (Å²) in [5.41, 5.74) is 1.20. The summed E-state index contributed by atoms with van der Waals surface area (Å²) in [5, 5.41) is 13.1. The molecule has 3 nitrogen and oxygen atoms in total. The van der Waals surface area contributed by atoms with Crippen LogP contribution in [0.4, 0.5) is 5.69 Å². The Labute approximate surface area is 115 Å². The van der Waals surface area contributed by atoms with Gasteiger partial charge in [-0.2, -0.15) is 0 Å². The lowest BCUT2D eigenvalue weighted by Crippen LogP contribution is -2.55. The van der Waals surface area contributed by atoms with E-state index in [1.54, 1.807) is 0 Å². The smallest absolute Gasteiger partial charge is 0.329 e. The second kappa shape index (κ2) is 5.24. The fourth-order valence-corrected chi connectivity index (χ4v) is 3.15. The predicted molar refractivity (Wildman–Crippen MR) is 77.3 cm³/mol. The van der Waals surface area contributed by atoms with E-state index in [0.29, 0.717) is 12.3 Å². The van der Waals surface area contributed by atoms with E-state index < -0.39 is 11.5 Å². The number of carbonyl (C=O) groups is 1. The standard InChI is InChI=1S/C16H23NO2/c1-11-8-6-10-16(13(11)3,15(18)19)17-14-9-5-4-7-12(14)2/h4-5,7,9,11,13,17H,6,8,10H2,1-3H3,(H,18,19). The van der Waals surface area contributed by atoms with Crippen molar-refractivity contribution in [3.63, 3.8) is 0 Å². The molecular weight excluding hydrogens is 238 g/mol. The molecule has 3 atom stereocenters. The zero-order chi connectivity index (χ0) is 14.0. The van der Waals surface area contributed by atoms with Crippen LogP contribution in [0.2, 0.25) is 0 Å². The van der Waals surface area contributed by atoms with Crippen molar-refractivity contribution < 1.29 is 9.90 Å². The molecule has 0 spiro atoms. The quantitative estimate of drug-likeness (QED) is 0.872. The first kappa shape index (κ1) is 13.9. The van der Waals surface area contributed by atoms with Gasteiger partial charge < -0.3 is 10.4 Å². The van der Waals surface area contributed by atoms with Gasteiger partial charge in [-0.1, -0.05) is 44.9 Å². The van der Waals surface area contributed by atoms with Crippen LogP contribution >= 0.6 is 0 Å². The molecule has 3 heteroatoms. The number of hydrogen-bond acceptors (Lipinski definition) is 2. The third-order valence-electron chi connectivity index (χ3n) is 4.75. The highest BCUT2D eigenvalue weighted by Crippen LogP contribution is 2.40. The van der Waals surface area contributed by atoms with Gasteiger partial charge in [-0.15, -0.1) is 0 Å². The van der Waals surface area contributed by atoms with Crippen LogP contribution in [0.3, 0.4) is 0 Å². The molecule has 3 unspecified atom stereocenters. The zero-order valence-corrected chi connectivity index (χ0v) is 11.9. The van der Waals surface area contributed by atoms with Crippen molar-refractivity contribution in [2.75, 3.05) is 5.32 Å². The van der Waals surface area contributed by atoms with Crippen LogP contribution in [-0.4, -0.2) is 16.6 Å². The van der Waals surface area contributed by atoms with E-state index in [4.69, 9.17) is 0 Å². The average Bonchev–Trinajstić information content (AvgIpc) is 2.37. The summed E-state index contributed by atoms with van der Waals surface area (Å²) in [6.07, 6.45) is 2.78. The Morgan fingerprint density at radius 1 is 1.37 bits per heavy atom. The second-order valence-corrected chi connectivity index (χ2v) is 5.87. The van der Waals surface area contributed by atoms with Crippen LogP contribution < -0.4 is 5.32 Å². The Morgan fingerprint density at radius 3 is 2.68 bits per heavy atom. The first-order valence-electron chi connectivity index (χ1n) is 7.04. The second-order valence-electron chi connectivity index (χ2n) is 5.87. The van der Waals surface area contributed by atoms with Gasteiger partial charge in [0.1, 0.15) is 5.54 Å². The van der Waals surface area contributed by atoms with Gasteiger partial charge in [0.25, 0.3) is 0 Å². The minimum atomic E-state index is -0.830. The number of rotatable bonds is 3. The number of carboxylic acid groups (broad SMARTS) is 1. The van der Waals surface area contributed by atoms with E-state index in [2.05, 4.69) is 19.2 Å². The summed E-state index contributed by atoms with van der Waals surface area (Å²) in [4.78, 5) is 11.9. The lowest BCUT2D eigenvalue weighted by molar-refractivity contribution is -0.146. The number of para-hydroxylation sites is 1. The lowest BCUT2D eigenvalue weighted by atomic mass is 9.68. The Bertz CT molecular complexity index is 472. The molecule has 19 heavy (non-hydrogen) atoms. The van der Waals surface area contributed by atoms with Crippen molar-refractivity contribution in [1.82, 2.24) is 0 Å². The number of nitrogens with one attached hydrogen (secondary N) is 1. The summed E-state index contributed by atoms with van der Waals surface area (Å²) >= 11 is 0. The monoisotopic (exact) mass is 261 g/mol. The normalized spacial score (nSPS) is 30.9. The van der Waals surface area contributed by atoms with Crippen LogP contribution in [0.1, 0.15) is 38.7 Å². The highest BCUT2D eigenvalue weighted by atomic mass is 16.4. The van der Waals surface area contributed by atoms with Crippen molar-refractivity contribution in [3.8, 4) is 0 Å². The van der Waals surface area contributed by atoms with Gasteiger partial charge >= 0.3 is 5.97 Å². The number of benzene rings is 1. The van der Waals surface area contributed by atoms with Gasteiger partial charge in [0.15, 0.2) is 0 Å². The van der Waals surface area contributed by atoms with E-state index in [-0.39, 0.29) is 5.92 Å². The molecule has 0 amide bonds. The average molecular weight is 261 g/mol. The minimum Gasteiger partial charge on any atom is -0.479 e. The summed E-state index contributed by atoms with van der Waals surface area (Å²) in [6, 6.07) is 7.89. The van der Waals surface area contributed by atoms with Crippen molar-refractivity contribution in [2.45, 2.75) is 45.6 Å². The Morgan fingerprint density at radius 2 is 2.05 bits per heavy atom. The van der Waals surface area contributed by atoms with Crippen molar-refractivity contribution >= 4 is 11.7 Å². The van der Waals surface area contributed by atoms with E-state index in [9.17, 15) is 9.90 Å². The molecule has 0 heterocycles. The summed E-state index contributed by atoms with van der Waals surface area (Å²) in [6.45, 7) is 6.22. The van der Waals surface area contributed by atoms with Gasteiger partial charge in [0, 0.05) is 5.69 Å². The van der Waals surface area contributed by atoms with Crippen molar-refractivity contribution in [2.24, 2.45) is 11.8 Å². The molecule has 0 saturated heterocycles. The molecule has 1 aromatic carbocycles. The molecule has 104 valence electrons. The molecule has 0 bridgehead atoms. The molecule has 0 aromatic heterocycles. The Balaban J connectivity index is 2.35. The number of anilines is 1. The van der Waals surface area contributed by atoms with Crippen LogP contribution in [0.15, 0.2) is 24.3 Å². The van der Waals surface area contributed by atoms with Gasteiger partial charge in [-0.05, 0) is 36.8 Å². The van der Waals surface area contributed by atoms with E-state index in [1.807, 2.05) is 31.2 Å². The Hall–Kier alpha value is -1.51. The van der Waals surface area contributed by atoms with Crippen molar-refractivity contribution in [1.29, 1.82) is 0 Å². The van der Waals surface area contributed by atoms with Gasteiger partial charge in [-0.25, -0.2) is 4.79 Å². The largest absolute Gasteiger partial charge is 0.479 e. The van der Waals surface area contributed by atoms with Crippen LogP contribution in [0.25, 0.3) is 0 Å². The molecular formula is C16H23NO2. The number of aliphatic carboxylic acids is 1. The SMILES string of the molecule is Cc1ccccc1NC1(C(=O)O)CCCC(C)C1C. The van der Waals surface area contributed by atoms with E-state index >= 15 is 0 Å². The van der Waals surface area contributed by atoms with Gasteiger partial charge in [0.05, 0.1) is 0 Å². The maximum Gasteiger partial charge on any atom is 0.329 e. The van der Waals surface area contributed by atoms with E-state index in [0.717, 1.165) is 24.1 Å². The highest BCUT2D eigenvalue weighted by Gasteiger charge is 2.47. The summed E-state index contributed by atoms with van der Waals surface area (Å²) < 4.78 is 0. The third kappa shape index (κ3) is 2.46. The topological polar surface area (TPSA) is 49.3 Å². The molecule has 1 fully saturated rings. The molecule has 2 N–H and O–H groups in total. The van der Waals surface area contributed by atoms with Crippen molar-refractivity contribution in [3.05, 3.63) is 29.8 Å². The Kier molecular flexibility index (Phi) is 3.83.